The van der Waals surface area contributed by atoms with Gasteiger partial charge in [-0.05, 0) is 42.8 Å². The smallest absolute Gasteiger partial charge is 0.329 e. The molecule has 27 heavy (non-hydrogen) atoms. The highest BCUT2D eigenvalue weighted by atomic mass is 32.1. The topological polar surface area (TPSA) is 85.1 Å². The van der Waals surface area contributed by atoms with Gasteiger partial charge in [-0.25, -0.2) is 9.18 Å². The average Bonchev–Trinajstić information content (AvgIpc) is 3.30. The molecule has 3 heterocycles. The summed E-state index contributed by atoms with van der Waals surface area (Å²) < 4.78 is 19.6. The number of rotatable bonds is 4. The molecule has 0 amide bonds. The number of fused-ring (bicyclic) bond motifs is 1. The summed E-state index contributed by atoms with van der Waals surface area (Å²) in [5, 5.41) is 2.01. The van der Waals surface area contributed by atoms with E-state index in [9.17, 15) is 18.8 Å². The van der Waals surface area contributed by atoms with Crippen molar-refractivity contribution in [2.24, 2.45) is 0 Å². The van der Waals surface area contributed by atoms with E-state index in [4.69, 9.17) is 4.42 Å². The van der Waals surface area contributed by atoms with Crippen LogP contribution in [0.1, 0.15) is 15.9 Å². The zero-order valence-corrected chi connectivity index (χ0v) is 14.9. The van der Waals surface area contributed by atoms with Crippen LogP contribution in [0, 0.1) is 12.7 Å². The number of aryl methyl sites for hydroxylation is 1. The van der Waals surface area contributed by atoms with E-state index in [0.717, 1.165) is 4.57 Å². The molecule has 3 aromatic heterocycles. The zero-order valence-electron chi connectivity index (χ0n) is 14.1. The standard InChI is InChI=1S/C19H13FN2O4S/c1-10-7-11(4-5-13(10)20)14(23)8-22-18(24)16-12(15-3-2-6-26-15)9-27-17(16)21-19(22)25/h2-7,9H,8H2,1H3,(H,21,25). The molecule has 1 aromatic carbocycles. The molecule has 0 radical (unpaired) electrons. The molecular weight excluding hydrogens is 371 g/mol. The van der Waals surface area contributed by atoms with Crippen LogP contribution in [-0.4, -0.2) is 15.3 Å². The van der Waals surface area contributed by atoms with Crippen molar-refractivity contribution in [3.63, 3.8) is 0 Å². The van der Waals surface area contributed by atoms with Crippen LogP contribution in [-0.2, 0) is 6.54 Å². The molecule has 0 unspecified atom stereocenters. The zero-order chi connectivity index (χ0) is 19.1. The summed E-state index contributed by atoms with van der Waals surface area (Å²) in [5.74, 6) is -0.387. The minimum absolute atomic E-state index is 0.233. The van der Waals surface area contributed by atoms with Crippen LogP contribution >= 0.6 is 11.3 Å². The van der Waals surface area contributed by atoms with Crippen molar-refractivity contribution in [2.75, 3.05) is 0 Å². The van der Waals surface area contributed by atoms with Gasteiger partial charge in [-0.3, -0.25) is 19.1 Å². The molecule has 0 aliphatic carbocycles. The molecule has 4 rings (SSSR count). The van der Waals surface area contributed by atoms with Crippen molar-refractivity contribution in [2.45, 2.75) is 13.5 Å². The molecular formula is C19H13FN2O4S. The first-order valence-electron chi connectivity index (χ1n) is 8.03. The normalized spacial score (nSPS) is 11.2. The van der Waals surface area contributed by atoms with Crippen molar-refractivity contribution >= 4 is 27.3 Å². The van der Waals surface area contributed by atoms with Crippen LogP contribution in [0.15, 0.2) is 56.0 Å². The van der Waals surface area contributed by atoms with Gasteiger partial charge in [0.2, 0.25) is 0 Å². The highest BCUT2D eigenvalue weighted by Crippen LogP contribution is 2.30. The molecule has 0 saturated carbocycles. The molecule has 0 fully saturated rings. The molecule has 136 valence electrons. The fraction of sp³-hybridized carbons (Fsp3) is 0.105. The number of halogens is 1. The van der Waals surface area contributed by atoms with E-state index in [2.05, 4.69) is 4.98 Å². The number of benzene rings is 1. The summed E-state index contributed by atoms with van der Waals surface area (Å²) in [6.07, 6.45) is 1.49. The number of hydrogen-bond donors (Lipinski definition) is 1. The van der Waals surface area contributed by atoms with Gasteiger partial charge in [0.25, 0.3) is 5.56 Å². The highest BCUT2D eigenvalue weighted by Gasteiger charge is 2.18. The number of H-pyrrole nitrogens is 1. The number of Topliss-reactive ketones (excluding diaryl/α,β-unsaturated/α-hetero) is 1. The first kappa shape index (κ1) is 17.2. The number of furan rings is 1. The third-order valence-corrected chi connectivity index (χ3v) is 5.18. The number of carbonyl (C=O) groups is 1. The second-order valence-electron chi connectivity index (χ2n) is 6.04. The summed E-state index contributed by atoms with van der Waals surface area (Å²) in [6, 6.07) is 7.33. The van der Waals surface area contributed by atoms with Crippen molar-refractivity contribution in [1.29, 1.82) is 0 Å². The molecule has 1 N–H and O–H groups in total. The highest BCUT2D eigenvalue weighted by molar-refractivity contribution is 7.17. The van der Waals surface area contributed by atoms with Crippen molar-refractivity contribution in [1.82, 2.24) is 9.55 Å². The Balaban J connectivity index is 1.81. The first-order chi connectivity index (χ1) is 13.0. The predicted molar refractivity (Wildman–Crippen MR) is 99.9 cm³/mol. The molecule has 0 aliphatic rings. The molecule has 4 aromatic rings. The number of carbonyl (C=O) groups excluding carboxylic acids is 1. The molecule has 6 nitrogen and oxygen atoms in total. The summed E-state index contributed by atoms with van der Waals surface area (Å²) in [4.78, 5) is 40.8. The van der Waals surface area contributed by atoms with E-state index >= 15 is 0 Å². The third kappa shape index (κ3) is 2.93. The van der Waals surface area contributed by atoms with E-state index in [1.807, 2.05) is 0 Å². The lowest BCUT2D eigenvalue weighted by Crippen LogP contribution is -2.37. The molecule has 0 bridgehead atoms. The summed E-state index contributed by atoms with van der Waals surface area (Å²) >= 11 is 1.21. The minimum atomic E-state index is -0.674. The van der Waals surface area contributed by atoms with Crippen LogP contribution < -0.4 is 11.2 Å². The van der Waals surface area contributed by atoms with Crippen LogP contribution in [0.2, 0.25) is 0 Å². The lowest BCUT2D eigenvalue weighted by atomic mass is 10.1. The summed E-state index contributed by atoms with van der Waals surface area (Å²) in [6.45, 7) is 1.10. The summed E-state index contributed by atoms with van der Waals surface area (Å²) in [5.41, 5.74) is -0.145. The Morgan fingerprint density at radius 2 is 2.11 bits per heavy atom. The van der Waals surface area contributed by atoms with E-state index in [0.29, 0.717) is 21.7 Å². The van der Waals surface area contributed by atoms with E-state index in [-0.39, 0.29) is 10.9 Å². The Morgan fingerprint density at radius 1 is 1.30 bits per heavy atom. The second-order valence-corrected chi connectivity index (χ2v) is 6.92. The SMILES string of the molecule is Cc1cc(C(=O)Cn2c(=O)[nH]c3scc(-c4ccco4)c3c2=O)ccc1F. The van der Waals surface area contributed by atoms with Crippen LogP contribution in [0.5, 0.6) is 0 Å². The Kier molecular flexibility index (Phi) is 4.12. The Labute approximate surface area is 155 Å². The maximum atomic E-state index is 13.4. The Morgan fingerprint density at radius 3 is 2.81 bits per heavy atom. The number of aromatic nitrogens is 2. The van der Waals surface area contributed by atoms with Gasteiger partial charge in [-0.15, -0.1) is 11.3 Å². The fourth-order valence-electron chi connectivity index (χ4n) is 2.86. The first-order valence-corrected chi connectivity index (χ1v) is 8.91. The number of hydrogen-bond acceptors (Lipinski definition) is 5. The molecule has 0 spiro atoms. The molecule has 0 atom stereocenters. The van der Waals surface area contributed by atoms with Crippen molar-refractivity contribution in [3.05, 3.63) is 79.8 Å². The third-order valence-electron chi connectivity index (χ3n) is 4.28. The molecule has 0 saturated heterocycles. The number of nitrogens with one attached hydrogen (secondary N) is 1. The van der Waals surface area contributed by atoms with Crippen molar-refractivity contribution < 1.29 is 13.6 Å². The maximum Gasteiger partial charge on any atom is 0.329 e. The van der Waals surface area contributed by atoms with Gasteiger partial charge in [0, 0.05) is 16.5 Å². The quantitative estimate of drug-likeness (QED) is 0.547. The predicted octanol–water partition coefficient (Wildman–Crippen LogP) is 3.34. The minimum Gasteiger partial charge on any atom is -0.464 e. The second kappa shape index (κ2) is 6.48. The lowest BCUT2D eigenvalue weighted by Gasteiger charge is -2.06. The van der Waals surface area contributed by atoms with Gasteiger partial charge in [0.05, 0.1) is 18.2 Å². The van der Waals surface area contributed by atoms with Gasteiger partial charge in [-0.2, -0.15) is 0 Å². The maximum absolute atomic E-state index is 13.4. The number of thiophene rings is 1. The van der Waals surface area contributed by atoms with Gasteiger partial charge in [0.15, 0.2) is 5.78 Å². The fourth-order valence-corrected chi connectivity index (χ4v) is 3.79. The number of aromatic amines is 1. The van der Waals surface area contributed by atoms with E-state index in [1.54, 1.807) is 17.5 Å². The Bertz CT molecular complexity index is 1280. The lowest BCUT2D eigenvalue weighted by molar-refractivity contribution is 0.0969. The Hall–Kier alpha value is -3.26. The van der Waals surface area contributed by atoms with E-state index < -0.39 is 29.4 Å². The van der Waals surface area contributed by atoms with Crippen LogP contribution in [0.25, 0.3) is 21.5 Å². The molecule has 0 aliphatic heterocycles. The number of nitrogens with zero attached hydrogens (tertiary/aromatic N) is 1. The average molecular weight is 384 g/mol. The van der Waals surface area contributed by atoms with Gasteiger partial charge >= 0.3 is 5.69 Å². The van der Waals surface area contributed by atoms with Gasteiger partial charge in [0.1, 0.15) is 16.4 Å². The van der Waals surface area contributed by atoms with Crippen molar-refractivity contribution in [3.8, 4) is 11.3 Å². The summed E-state index contributed by atoms with van der Waals surface area (Å²) in [7, 11) is 0. The van der Waals surface area contributed by atoms with Gasteiger partial charge < -0.3 is 4.42 Å². The monoisotopic (exact) mass is 384 g/mol. The van der Waals surface area contributed by atoms with Crippen LogP contribution in [0.3, 0.4) is 0 Å². The largest absolute Gasteiger partial charge is 0.464 e. The van der Waals surface area contributed by atoms with Gasteiger partial charge in [-0.1, -0.05) is 0 Å². The molecule has 8 heteroatoms. The van der Waals surface area contributed by atoms with E-state index in [1.165, 1.54) is 42.7 Å². The number of ketones is 1. The van der Waals surface area contributed by atoms with Crippen LogP contribution in [0.4, 0.5) is 4.39 Å².